The molecule has 0 aliphatic rings. The number of aromatic nitrogens is 2. The number of rotatable bonds is 3. The first kappa shape index (κ1) is 15.3. The molecule has 0 fully saturated rings. The Morgan fingerprint density at radius 2 is 1.76 bits per heavy atom. The maximum absolute atomic E-state index is 5.90. The second-order valence-corrected chi connectivity index (χ2v) is 6.03. The molecule has 2 rings (SSSR count). The summed E-state index contributed by atoms with van der Waals surface area (Å²) in [4.78, 5) is 8.46. The third-order valence-electron chi connectivity index (χ3n) is 3.09. The van der Waals surface area contributed by atoms with Crippen LogP contribution in [0.25, 0.3) is 11.1 Å². The third kappa shape index (κ3) is 3.51. The fourth-order valence-electron chi connectivity index (χ4n) is 2.25. The van der Waals surface area contributed by atoms with Crippen molar-refractivity contribution in [1.82, 2.24) is 9.97 Å². The molecule has 0 amide bonds. The SMILES string of the molecule is COc1ncnc(C)c1-c1ccc(OC(C)(C)C)cc1C. The molecule has 1 heterocycles. The largest absolute Gasteiger partial charge is 0.488 e. The Bertz CT molecular complexity index is 646. The maximum Gasteiger partial charge on any atom is 0.224 e. The first-order valence-electron chi connectivity index (χ1n) is 6.97. The van der Waals surface area contributed by atoms with E-state index in [0.29, 0.717) is 5.88 Å². The van der Waals surface area contributed by atoms with E-state index >= 15 is 0 Å². The molecule has 4 nitrogen and oxygen atoms in total. The van der Waals surface area contributed by atoms with Crippen LogP contribution in [-0.2, 0) is 0 Å². The minimum Gasteiger partial charge on any atom is -0.488 e. The van der Waals surface area contributed by atoms with E-state index in [1.807, 2.05) is 45.9 Å². The van der Waals surface area contributed by atoms with Gasteiger partial charge in [0.2, 0.25) is 5.88 Å². The van der Waals surface area contributed by atoms with Crippen molar-refractivity contribution in [3.8, 4) is 22.8 Å². The van der Waals surface area contributed by atoms with Gasteiger partial charge in [-0.1, -0.05) is 6.07 Å². The highest BCUT2D eigenvalue weighted by Crippen LogP contribution is 2.34. The van der Waals surface area contributed by atoms with E-state index in [2.05, 4.69) is 16.9 Å². The van der Waals surface area contributed by atoms with Gasteiger partial charge < -0.3 is 9.47 Å². The van der Waals surface area contributed by atoms with Crippen LogP contribution < -0.4 is 9.47 Å². The summed E-state index contributed by atoms with van der Waals surface area (Å²) in [7, 11) is 1.62. The van der Waals surface area contributed by atoms with Crippen LogP contribution in [0.4, 0.5) is 0 Å². The predicted molar refractivity (Wildman–Crippen MR) is 83.9 cm³/mol. The number of hydrogen-bond acceptors (Lipinski definition) is 4. The zero-order chi connectivity index (χ0) is 15.6. The zero-order valence-corrected chi connectivity index (χ0v) is 13.5. The number of benzene rings is 1. The van der Waals surface area contributed by atoms with Gasteiger partial charge in [-0.05, 0) is 57.9 Å². The Morgan fingerprint density at radius 1 is 1.05 bits per heavy atom. The van der Waals surface area contributed by atoms with Crippen LogP contribution in [0.3, 0.4) is 0 Å². The Balaban J connectivity index is 2.47. The number of aryl methyl sites for hydroxylation is 2. The van der Waals surface area contributed by atoms with Gasteiger partial charge in [0.25, 0.3) is 0 Å². The molecular weight excluding hydrogens is 264 g/mol. The van der Waals surface area contributed by atoms with Crippen molar-refractivity contribution in [2.24, 2.45) is 0 Å². The van der Waals surface area contributed by atoms with Gasteiger partial charge >= 0.3 is 0 Å². The number of methoxy groups -OCH3 is 1. The van der Waals surface area contributed by atoms with Crippen LogP contribution in [0, 0.1) is 13.8 Å². The number of hydrogen-bond donors (Lipinski definition) is 0. The second kappa shape index (κ2) is 5.72. The normalized spacial score (nSPS) is 11.3. The van der Waals surface area contributed by atoms with Gasteiger partial charge in [0, 0.05) is 0 Å². The van der Waals surface area contributed by atoms with Crippen molar-refractivity contribution < 1.29 is 9.47 Å². The van der Waals surface area contributed by atoms with Gasteiger partial charge in [0.15, 0.2) is 0 Å². The summed E-state index contributed by atoms with van der Waals surface area (Å²) in [6.45, 7) is 10.1. The fraction of sp³-hybridized carbons (Fsp3) is 0.412. The summed E-state index contributed by atoms with van der Waals surface area (Å²) in [5.74, 6) is 1.45. The lowest BCUT2D eigenvalue weighted by molar-refractivity contribution is 0.131. The van der Waals surface area contributed by atoms with Crippen LogP contribution >= 0.6 is 0 Å². The van der Waals surface area contributed by atoms with E-state index in [1.54, 1.807) is 7.11 Å². The number of ether oxygens (including phenoxy) is 2. The van der Waals surface area contributed by atoms with E-state index in [1.165, 1.54) is 6.33 Å². The van der Waals surface area contributed by atoms with Gasteiger partial charge in [-0.25, -0.2) is 9.97 Å². The molecule has 0 saturated heterocycles. The van der Waals surface area contributed by atoms with E-state index < -0.39 is 0 Å². The molecule has 21 heavy (non-hydrogen) atoms. The number of nitrogens with zero attached hydrogens (tertiary/aromatic N) is 2. The monoisotopic (exact) mass is 286 g/mol. The molecule has 0 radical (unpaired) electrons. The Hall–Kier alpha value is -2.10. The standard InChI is InChI=1S/C17H22N2O2/c1-11-9-13(21-17(3,4)5)7-8-14(11)15-12(2)18-10-19-16(15)20-6/h7-10H,1-6H3. The molecule has 0 N–H and O–H groups in total. The molecule has 0 atom stereocenters. The van der Waals surface area contributed by atoms with Crippen LogP contribution in [0.1, 0.15) is 32.0 Å². The summed E-state index contributed by atoms with van der Waals surface area (Å²) in [5, 5.41) is 0. The average Bonchev–Trinajstić information content (AvgIpc) is 2.37. The summed E-state index contributed by atoms with van der Waals surface area (Å²) < 4.78 is 11.3. The Labute approximate surface area is 126 Å². The van der Waals surface area contributed by atoms with E-state index in [-0.39, 0.29) is 5.60 Å². The Kier molecular flexibility index (Phi) is 4.16. The van der Waals surface area contributed by atoms with Crippen LogP contribution in [-0.4, -0.2) is 22.7 Å². The van der Waals surface area contributed by atoms with Gasteiger partial charge in [0.05, 0.1) is 18.4 Å². The third-order valence-corrected chi connectivity index (χ3v) is 3.09. The maximum atomic E-state index is 5.90. The van der Waals surface area contributed by atoms with Crippen LogP contribution in [0.5, 0.6) is 11.6 Å². The van der Waals surface area contributed by atoms with Crippen LogP contribution in [0.15, 0.2) is 24.5 Å². The van der Waals surface area contributed by atoms with Gasteiger partial charge in [-0.2, -0.15) is 0 Å². The summed E-state index contributed by atoms with van der Waals surface area (Å²) in [6.07, 6.45) is 1.52. The van der Waals surface area contributed by atoms with Crippen molar-refractivity contribution in [3.05, 3.63) is 35.8 Å². The Morgan fingerprint density at radius 3 is 2.33 bits per heavy atom. The molecule has 2 aromatic rings. The van der Waals surface area contributed by atoms with Crippen molar-refractivity contribution >= 4 is 0 Å². The average molecular weight is 286 g/mol. The zero-order valence-electron chi connectivity index (χ0n) is 13.5. The van der Waals surface area contributed by atoms with Crippen LogP contribution in [0.2, 0.25) is 0 Å². The van der Waals surface area contributed by atoms with E-state index in [4.69, 9.17) is 9.47 Å². The van der Waals surface area contributed by atoms with Gasteiger partial charge in [-0.3, -0.25) is 0 Å². The first-order chi connectivity index (χ1) is 9.81. The quantitative estimate of drug-likeness (QED) is 0.857. The minimum atomic E-state index is -0.211. The molecule has 0 saturated carbocycles. The lowest BCUT2D eigenvalue weighted by atomic mass is 10.00. The molecule has 0 aliphatic heterocycles. The molecule has 0 bridgehead atoms. The predicted octanol–water partition coefficient (Wildman–Crippen LogP) is 3.95. The lowest BCUT2D eigenvalue weighted by Crippen LogP contribution is -2.22. The summed E-state index contributed by atoms with van der Waals surface area (Å²) in [6, 6.07) is 6.04. The molecule has 0 unspecified atom stereocenters. The highest BCUT2D eigenvalue weighted by Gasteiger charge is 2.16. The highest BCUT2D eigenvalue weighted by molar-refractivity contribution is 5.74. The van der Waals surface area contributed by atoms with E-state index in [9.17, 15) is 0 Å². The molecular formula is C17H22N2O2. The molecule has 0 aliphatic carbocycles. The van der Waals surface area contributed by atoms with Crippen molar-refractivity contribution in [2.75, 3.05) is 7.11 Å². The molecule has 1 aromatic heterocycles. The summed E-state index contributed by atoms with van der Waals surface area (Å²) in [5.41, 5.74) is 3.78. The van der Waals surface area contributed by atoms with Crippen molar-refractivity contribution in [2.45, 2.75) is 40.2 Å². The molecule has 112 valence electrons. The molecule has 0 spiro atoms. The van der Waals surface area contributed by atoms with Gasteiger partial charge in [-0.15, -0.1) is 0 Å². The minimum absolute atomic E-state index is 0.211. The van der Waals surface area contributed by atoms with Gasteiger partial charge in [0.1, 0.15) is 17.7 Å². The molecule has 4 heteroatoms. The van der Waals surface area contributed by atoms with Crippen molar-refractivity contribution in [3.63, 3.8) is 0 Å². The first-order valence-corrected chi connectivity index (χ1v) is 6.97. The topological polar surface area (TPSA) is 44.2 Å². The fourth-order valence-corrected chi connectivity index (χ4v) is 2.25. The highest BCUT2D eigenvalue weighted by atomic mass is 16.5. The smallest absolute Gasteiger partial charge is 0.224 e. The lowest BCUT2D eigenvalue weighted by Gasteiger charge is -2.22. The molecule has 1 aromatic carbocycles. The van der Waals surface area contributed by atoms with E-state index in [0.717, 1.165) is 28.1 Å². The van der Waals surface area contributed by atoms with Crippen molar-refractivity contribution in [1.29, 1.82) is 0 Å². The summed E-state index contributed by atoms with van der Waals surface area (Å²) >= 11 is 0. The second-order valence-electron chi connectivity index (χ2n) is 6.03.